The third-order valence-corrected chi connectivity index (χ3v) is 3.46. The molecule has 0 radical (unpaired) electrons. The van der Waals surface area contributed by atoms with Crippen molar-refractivity contribution in [2.75, 3.05) is 0 Å². The van der Waals surface area contributed by atoms with Gasteiger partial charge < -0.3 is 0 Å². The second kappa shape index (κ2) is 4.41. The van der Waals surface area contributed by atoms with E-state index in [1.54, 1.807) is 30.3 Å². The Balaban J connectivity index is 2.47. The van der Waals surface area contributed by atoms with Crippen LogP contribution >= 0.6 is 0 Å². The summed E-state index contributed by atoms with van der Waals surface area (Å²) in [6.45, 7) is 0. The van der Waals surface area contributed by atoms with Crippen LogP contribution in [0, 0.1) is 0 Å². The minimum atomic E-state index is -5.63. The van der Waals surface area contributed by atoms with Crippen molar-refractivity contribution in [2.24, 2.45) is 0 Å². The molecule has 0 aromatic heterocycles. The average Bonchev–Trinajstić information content (AvgIpc) is 2.45. The molecule has 108 valence electrons. The van der Waals surface area contributed by atoms with Crippen LogP contribution in [-0.2, 0) is 5.92 Å². The topological polar surface area (TPSA) is 0 Å². The molecule has 0 fully saturated rings. The summed E-state index contributed by atoms with van der Waals surface area (Å²) in [6, 6.07) is 13.4. The Kier molecular flexibility index (Phi) is 2.90. The second-order valence-corrected chi connectivity index (χ2v) is 4.76. The number of benzene rings is 3. The van der Waals surface area contributed by atoms with Crippen molar-refractivity contribution < 1.29 is 22.0 Å². The van der Waals surface area contributed by atoms with Crippen LogP contribution < -0.4 is 0 Å². The molecule has 0 nitrogen and oxygen atoms in total. The van der Waals surface area contributed by atoms with Gasteiger partial charge in [-0.3, -0.25) is 0 Å². The molecule has 3 rings (SSSR count). The molecule has 0 bridgehead atoms. The van der Waals surface area contributed by atoms with Crippen LogP contribution in [0.4, 0.5) is 22.0 Å². The Morgan fingerprint density at radius 3 is 1.76 bits per heavy atom. The van der Waals surface area contributed by atoms with Crippen molar-refractivity contribution in [3.8, 4) is 0 Å². The van der Waals surface area contributed by atoms with E-state index < -0.39 is 17.7 Å². The maximum Gasteiger partial charge on any atom is 0.458 e. The van der Waals surface area contributed by atoms with Crippen molar-refractivity contribution in [3.05, 3.63) is 60.2 Å². The summed E-state index contributed by atoms with van der Waals surface area (Å²) in [5.74, 6) is -4.89. The SMILES string of the molecule is FC(F)(F)C(F)(F)c1cc2ccccc2c2ccccc12. The van der Waals surface area contributed by atoms with Crippen molar-refractivity contribution >= 4 is 21.5 Å². The first-order valence-electron chi connectivity index (χ1n) is 6.18. The van der Waals surface area contributed by atoms with Gasteiger partial charge in [-0.2, -0.15) is 22.0 Å². The van der Waals surface area contributed by atoms with Crippen molar-refractivity contribution in [1.29, 1.82) is 0 Å². The highest BCUT2D eigenvalue weighted by Crippen LogP contribution is 2.47. The van der Waals surface area contributed by atoms with Crippen molar-refractivity contribution in [1.82, 2.24) is 0 Å². The summed E-state index contributed by atoms with van der Waals surface area (Å²) in [5.41, 5.74) is -1.01. The standard InChI is InChI=1S/C16H9F5/c17-15(18,16(19,20)21)14-9-10-5-1-2-6-11(10)12-7-3-4-8-13(12)14/h1-9H. The molecule has 0 amide bonds. The Hall–Kier alpha value is -2.17. The van der Waals surface area contributed by atoms with E-state index in [4.69, 9.17) is 0 Å². The molecule has 0 aliphatic carbocycles. The Morgan fingerprint density at radius 1 is 0.619 bits per heavy atom. The Bertz CT molecular complexity index is 818. The lowest BCUT2D eigenvalue weighted by atomic mass is 9.94. The van der Waals surface area contributed by atoms with Gasteiger partial charge in [0.05, 0.1) is 0 Å². The van der Waals surface area contributed by atoms with Gasteiger partial charge in [0, 0.05) is 5.56 Å². The number of halogens is 5. The van der Waals surface area contributed by atoms with E-state index in [1.807, 2.05) is 0 Å². The van der Waals surface area contributed by atoms with Gasteiger partial charge in [0.2, 0.25) is 0 Å². The maximum absolute atomic E-state index is 13.8. The summed E-state index contributed by atoms with van der Waals surface area (Å²) in [5, 5.41) is 1.30. The zero-order valence-corrected chi connectivity index (χ0v) is 10.6. The van der Waals surface area contributed by atoms with Gasteiger partial charge in [0.25, 0.3) is 0 Å². The van der Waals surface area contributed by atoms with Gasteiger partial charge in [-0.15, -0.1) is 0 Å². The predicted octanol–water partition coefficient (Wildman–Crippen LogP) is 5.65. The van der Waals surface area contributed by atoms with E-state index in [-0.39, 0.29) is 5.39 Å². The fourth-order valence-corrected chi connectivity index (χ4v) is 2.47. The third-order valence-electron chi connectivity index (χ3n) is 3.46. The number of alkyl halides is 5. The van der Waals surface area contributed by atoms with Gasteiger partial charge in [0.15, 0.2) is 0 Å². The molecule has 0 unspecified atom stereocenters. The fourth-order valence-electron chi connectivity index (χ4n) is 2.47. The summed E-state index contributed by atoms with van der Waals surface area (Å²) < 4.78 is 65.7. The first-order chi connectivity index (χ1) is 9.82. The predicted molar refractivity (Wildman–Crippen MR) is 71.4 cm³/mol. The zero-order valence-electron chi connectivity index (χ0n) is 10.6. The van der Waals surface area contributed by atoms with Crippen LogP contribution in [0.1, 0.15) is 5.56 Å². The van der Waals surface area contributed by atoms with Gasteiger partial charge in [-0.05, 0) is 27.6 Å². The van der Waals surface area contributed by atoms with Crippen LogP contribution in [0.25, 0.3) is 21.5 Å². The van der Waals surface area contributed by atoms with Gasteiger partial charge in [-0.25, -0.2) is 0 Å². The third kappa shape index (κ3) is 2.04. The van der Waals surface area contributed by atoms with Crippen LogP contribution in [-0.4, -0.2) is 6.18 Å². The van der Waals surface area contributed by atoms with E-state index >= 15 is 0 Å². The highest BCUT2D eigenvalue weighted by molar-refractivity contribution is 6.09. The number of hydrogen-bond donors (Lipinski definition) is 0. The Morgan fingerprint density at radius 2 is 1.14 bits per heavy atom. The summed E-state index contributed by atoms with van der Waals surface area (Å²) in [7, 11) is 0. The first-order valence-corrected chi connectivity index (χ1v) is 6.18. The monoisotopic (exact) mass is 296 g/mol. The first kappa shape index (κ1) is 13.8. The lowest BCUT2D eigenvalue weighted by Crippen LogP contribution is -2.33. The van der Waals surface area contributed by atoms with Crippen LogP contribution in [0.2, 0.25) is 0 Å². The molecule has 0 aliphatic heterocycles. The lowest BCUT2D eigenvalue weighted by molar-refractivity contribution is -0.288. The maximum atomic E-state index is 13.8. The second-order valence-electron chi connectivity index (χ2n) is 4.76. The molecule has 3 aromatic rings. The van der Waals surface area contributed by atoms with Gasteiger partial charge >= 0.3 is 12.1 Å². The van der Waals surface area contributed by atoms with Crippen molar-refractivity contribution in [3.63, 3.8) is 0 Å². The lowest BCUT2D eigenvalue weighted by Gasteiger charge is -2.22. The molecule has 0 N–H and O–H groups in total. The molecule has 0 heterocycles. The van der Waals surface area contributed by atoms with E-state index in [0.29, 0.717) is 16.2 Å². The van der Waals surface area contributed by atoms with E-state index in [2.05, 4.69) is 0 Å². The van der Waals surface area contributed by atoms with Gasteiger partial charge in [0.1, 0.15) is 0 Å². The highest BCUT2D eigenvalue weighted by Gasteiger charge is 2.59. The quantitative estimate of drug-likeness (QED) is 0.402. The normalized spacial score (nSPS) is 13.0. The van der Waals surface area contributed by atoms with E-state index in [1.165, 1.54) is 18.2 Å². The smallest absolute Gasteiger partial charge is 0.191 e. The van der Waals surface area contributed by atoms with E-state index in [9.17, 15) is 22.0 Å². The molecular weight excluding hydrogens is 287 g/mol. The Labute approximate surface area is 116 Å². The minimum Gasteiger partial charge on any atom is -0.191 e. The summed E-state index contributed by atoms with van der Waals surface area (Å²) in [6.07, 6.45) is -5.63. The van der Waals surface area contributed by atoms with Gasteiger partial charge in [-0.1, -0.05) is 48.5 Å². The number of fused-ring (bicyclic) bond motifs is 3. The molecule has 3 aromatic carbocycles. The number of hydrogen-bond acceptors (Lipinski definition) is 0. The molecule has 0 atom stereocenters. The molecular formula is C16H9F5. The highest BCUT2D eigenvalue weighted by atomic mass is 19.4. The largest absolute Gasteiger partial charge is 0.458 e. The number of rotatable bonds is 1. The van der Waals surface area contributed by atoms with Crippen LogP contribution in [0.3, 0.4) is 0 Å². The summed E-state index contributed by atoms with van der Waals surface area (Å²) >= 11 is 0. The van der Waals surface area contributed by atoms with Crippen LogP contribution in [0.5, 0.6) is 0 Å². The molecule has 0 aliphatic rings. The average molecular weight is 296 g/mol. The molecule has 21 heavy (non-hydrogen) atoms. The fraction of sp³-hybridized carbons (Fsp3) is 0.125. The van der Waals surface area contributed by atoms with Crippen LogP contribution in [0.15, 0.2) is 54.6 Å². The molecule has 0 spiro atoms. The molecule has 0 saturated carbocycles. The zero-order chi connectivity index (χ0) is 15.3. The van der Waals surface area contributed by atoms with E-state index in [0.717, 1.165) is 6.07 Å². The minimum absolute atomic E-state index is 0.0847. The van der Waals surface area contributed by atoms with Crippen molar-refractivity contribution in [2.45, 2.75) is 12.1 Å². The summed E-state index contributed by atoms with van der Waals surface area (Å²) in [4.78, 5) is 0. The molecule has 5 heteroatoms. The molecule has 0 saturated heterocycles.